The number of halogens is 1. The van der Waals surface area contributed by atoms with Crippen LogP contribution in [0.15, 0.2) is 33.5 Å². The summed E-state index contributed by atoms with van der Waals surface area (Å²) in [5, 5.41) is 12.2. The van der Waals surface area contributed by atoms with Crippen molar-refractivity contribution < 1.29 is 5.11 Å². The number of aromatic nitrogens is 2. The van der Waals surface area contributed by atoms with Gasteiger partial charge in [-0.1, -0.05) is 22.9 Å². The number of hydrogen-bond donors (Lipinski definition) is 2. The van der Waals surface area contributed by atoms with Crippen LogP contribution >= 0.6 is 15.9 Å². The average Bonchev–Trinajstić information content (AvgIpc) is 2.66. The zero-order valence-electron chi connectivity index (χ0n) is 9.40. The molecule has 0 amide bonds. The zero-order chi connectivity index (χ0) is 12.4. The van der Waals surface area contributed by atoms with Crippen LogP contribution in [0.4, 0.5) is 0 Å². The summed E-state index contributed by atoms with van der Waals surface area (Å²) in [5.74, 6) is 0. The highest BCUT2D eigenvalue weighted by Gasteiger charge is 2.12. The molecule has 0 spiro atoms. The van der Waals surface area contributed by atoms with Gasteiger partial charge in [0, 0.05) is 10.2 Å². The number of nitrogens with zero attached hydrogens (tertiary/aromatic N) is 1. The van der Waals surface area contributed by atoms with E-state index < -0.39 is 0 Å². The van der Waals surface area contributed by atoms with Crippen LogP contribution in [0.2, 0.25) is 0 Å². The normalized spacial score (nSPS) is 10.8. The minimum absolute atomic E-state index is 0.188. The van der Waals surface area contributed by atoms with Gasteiger partial charge in [-0.2, -0.15) is 0 Å². The van der Waals surface area contributed by atoms with Gasteiger partial charge in [-0.3, -0.25) is 9.89 Å². The van der Waals surface area contributed by atoms with Crippen molar-refractivity contribution in [2.45, 2.75) is 20.0 Å². The number of aryl methyl sites for hydroxylation is 1. The molecule has 0 aliphatic heterocycles. The van der Waals surface area contributed by atoms with Crippen LogP contribution in [-0.2, 0) is 13.0 Å². The molecular formula is C12H13BrN2O2. The SMILES string of the molecule is CCc1[nH]n(-c2ccc(Br)cc2)c(=O)c1CO. The molecule has 0 radical (unpaired) electrons. The number of aromatic amines is 1. The van der Waals surface area contributed by atoms with E-state index in [0.717, 1.165) is 15.9 Å². The van der Waals surface area contributed by atoms with E-state index in [4.69, 9.17) is 0 Å². The molecule has 2 N–H and O–H groups in total. The van der Waals surface area contributed by atoms with E-state index in [1.165, 1.54) is 4.68 Å². The minimum Gasteiger partial charge on any atom is -0.391 e. The maximum Gasteiger partial charge on any atom is 0.277 e. The van der Waals surface area contributed by atoms with Gasteiger partial charge >= 0.3 is 0 Å². The monoisotopic (exact) mass is 296 g/mol. The van der Waals surface area contributed by atoms with Crippen molar-refractivity contribution in [2.75, 3.05) is 0 Å². The van der Waals surface area contributed by atoms with E-state index in [2.05, 4.69) is 21.0 Å². The standard InChI is InChI=1S/C12H13BrN2O2/c1-2-11-10(7-16)12(17)15(14-11)9-5-3-8(13)4-6-9/h3-6,14,16H,2,7H2,1H3. The highest BCUT2D eigenvalue weighted by Crippen LogP contribution is 2.13. The van der Waals surface area contributed by atoms with E-state index in [1.807, 2.05) is 31.2 Å². The number of benzene rings is 1. The Kier molecular flexibility index (Phi) is 3.49. The minimum atomic E-state index is -0.234. The van der Waals surface area contributed by atoms with Crippen molar-refractivity contribution in [3.63, 3.8) is 0 Å². The highest BCUT2D eigenvalue weighted by molar-refractivity contribution is 9.10. The quantitative estimate of drug-likeness (QED) is 0.910. The third-order valence-electron chi connectivity index (χ3n) is 2.67. The summed E-state index contributed by atoms with van der Waals surface area (Å²) in [5.41, 5.74) is 1.79. The maximum atomic E-state index is 12.0. The van der Waals surface area contributed by atoms with E-state index >= 15 is 0 Å². The predicted molar refractivity (Wildman–Crippen MR) is 69.4 cm³/mol. The lowest BCUT2D eigenvalue weighted by molar-refractivity contribution is 0.279. The molecule has 2 rings (SSSR count). The fourth-order valence-electron chi connectivity index (χ4n) is 1.74. The van der Waals surface area contributed by atoms with Crippen LogP contribution in [0.3, 0.4) is 0 Å². The Morgan fingerprint density at radius 2 is 2.00 bits per heavy atom. The molecule has 1 heterocycles. The zero-order valence-corrected chi connectivity index (χ0v) is 11.0. The van der Waals surface area contributed by atoms with Crippen molar-refractivity contribution in [1.29, 1.82) is 0 Å². The maximum absolute atomic E-state index is 12.0. The van der Waals surface area contributed by atoms with Gasteiger partial charge in [0.05, 0.1) is 17.9 Å². The summed E-state index contributed by atoms with van der Waals surface area (Å²) in [6.07, 6.45) is 0.689. The van der Waals surface area contributed by atoms with Crippen molar-refractivity contribution in [3.05, 3.63) is 50.3 Å². The predicted octanol–water partition coefficient (Wildman–Crippen LogP) is 1.98. The summed E-state index contributed by atoms with van der Waals surface area (Å²) < 4.78 is 2.41. The lowest BCUT2D eigenvalue weighted by atomic mass is 10.2. The summed E-state index contributed by atoms with van der Waals surface area (Å²) in [6, 6.07) is 7.41. The second kappa shape index (κ2) is 4.89. The second-order valence-electron chi connectivity index (χ2n) is 3.70. The molecule has 0 aliphatic carbocycles. The van der Waals surface area contributed by atoms with Gasteiger partial charge in [-0.25, -0.2) is 4.68 Å². The summed E-state index contributed by atoms with van der Waals surface area (Å²) in [7, 11) is 0. The van der Waals surface area contributed by atoms with Gasteiger partial charge < -0.3 is 5.11 Å². The van der Waals surface area contributed by atoms with Gasteiger partial charge in [0.1, 0.15) is 0 Å². The molecule has 90 valence electrons. The number of aliphatic hydroxyl groups excluding tert-OH is 1. The first-order valence-corrected chi connectivity index (χ1v) is 6.16. The fourth-order valence-corrected chi connectivity index (χ4v) is 2.01. The third-order valence-corrected chi connectivity index (χ3v) is 3.20. The first kappa shape index (κ1) is 12.1. The number of nitrogens with one attached hydrogen (secondary N) is 1. The first-order valence-electron chi connectivity index (χ1n) is 5.37. The van der Waals surface area contributed by atoms with Gasteiger partial charge in [-0.15, -0.1) is 0 Å². The topological polar surface area (TPSA) is 58.0 Å². The molecule has 0 aliphatic rings. The molecule has 0 saturated carbocycles. The van der Waals surface area contributed by atoms with Crippen molar-refractivity contribution in [2.24, 2.45) is 0 Å². The molecular weight excluding hydrogens is 284 g/mol. The molecule has 0 saturated heterocycles. The Labute approximate surface area is 107 Å². The molecule has 2 aromatic rings. The lowest BCUT2D eigenvalue weighted by Gasteiger charge is -2.01. The summed E-state index contributed by atoms with van der Waals surface area (Å²) in [6.45, 7) is 1.71. The third kappa shape index (κ3) is 2.21. The van der Waals surface area contributed by atoms with Crippen molar-refractivity contribution >= 4 is 15.9 Å². The Morgan fingerprint density at radius 1 is 1.35 bits per heavy atom. The van der Waals surface area contributed by atoms with Crippen LogP contribution in [0.1, 0.15) is 18.2 Å². The van der Waals surface area contributed by atoms with E-state index in [1.54, 1.807) is 0 Å². The van der Waals surface area contributed by atoms with Gasteiger partial charge in [-0.05, 0) is 30.7 Å². The average molecular weight is 297 g/mol. The smallest absolute Gasteiger partial charge is 0.277 e. The Morgan fingerprint density at radius 3 is 2.47 bits per heavy atom. The van der Waals surface area contributed by atoms with E-state index in [9.17, 15) is 9.90 Å². The van der Waals surface area contributed by atoms with Crippen LogP contribution in [0.5, 0.6) is 0 Å². The van der Waals surface area contributed by atoms with Crippen LogP contribution in [-0.4, -0.2) is 14.9 Å². The van der Waals surface area contributed by atoms with Crippen molar-refractivity contribution in [3.8, 4) is 5.69 Å². The Hall–Kier alpha value is -1.33. The van der Waals surface area contributed by atoms with Crippen LogP contribution in [0, 0.1) is 0 Å². The molecule has 1 aromatic heterocycles. The number of aliphatic hydroxyl groups is 1. The number of H-pyrrole nitrogens is 1. The molecule has 17 heavy (non-hydrogen) atoms. The summed E-state index contributed by atoms with van der Waals surface area (Å²) >= 11 is 3.35. The second-order valence-corrected chi connectivity index (χ2v) is 4.61. The summed E-state index contributed by atoms with van der Waals surface area (Å²) in [4.78, 5) is 12.0. The molecule has 0 atom stereocenters. The largest absolute Gasteiger partial charge is 0.391 e. The molecule has 0 fully saturated rings. The van der Waals surface area contributed by atoms with Crippen LogP contribution < -0.4 is 5.56 Å². The molecule has 0 unspecified atom stereocenters. The number of rotatable bonds is 3. The molecule has 0 bridgehead atoms. The highest BCUT2D eigenvalue weighted by atomic mass is 79.9. The van der Waals surface area contributed by atoms with Crippen molar-refractivity contribution in [1.82, 2.24) is 9.78 Å². The van der Waals surface area contributed by atoms with Gasteiger partial charge in [0.15, 0.2) is 0 Å². The van der Waals surface area contributed by atoms with Gasteiger partial charge in [0.25, 0.3) is 5.56 Å². The number of hydrogen-bond acceptors (Lipinski definition) is 2. The molecule has 4 nitrogen and oxygen atoms in total. The Balaban J connectivity index is 2.56. The fraction of sp³-hybridized carbons (Fsp3) is 0.250. The molecule has 5 heteroatoms. The lowest BCUT2D eigenvalue weighted by Crippen LogP contribution is -2.17. The van der Waals surface area contributed by atoms with E-state index in [-0.39, 0.29) is 12.2 Å². The Bertz CT molecular complexity index is 569. The van der Waals surface area contributed by atoms with Crippen LogP contribution in [0.25, 0.3) is 5.69 Å². The van der Waals surface area contributed by atoms with E-state index in [0.29, 0.717) is 12.0 Å². The van der Waals surface area contributed by atoms with Gasteiger partial charge in [0.2, 0.25) is 0 Å². The first-order chi connectivity index (χ1) is 8.17. The molecule has 1 aromatic carbocycles.